The van der Waals surface area contributed by atoms with Crippen molar-refractivity contribution in [2.45, 2.75) is 6.42 Å². The molecular formula is C9H8ClN5. The summed E-state index contributed by atoms with van der Waals surface area (Å²) in [5.41, 5.74) is 0.609. The lowest BCUT2D eigenvalue weighted by Crippen LogP contribution is -2.03. The van der Waals surface area contributed by atoms with Crippen LogP contribution in [0.4, 0.5) is 5.82 Å². The number of halogens is 1. The first-order valence-corrected chi connectivity index (χ1v) is 4.73. The topological polar surface area (TPSA) is 66.5 Å². The Morgan fingerprint density at radius 3 is 3.20 bits per heavy atom. The molecule has 6 heteroatoms. The van der Waals surface area contributed by atoms with Crippen LogP contribution in [0.2, 0.25) is 5.28 Å². The molecule has 2 heterocycles. The molecule has 2 rings (SSSR count). The van der Waals surface area contributed by atoms with Crippen LogP contribution in [-0.4, -0.2) is 26.7 Å². The van der Waals surface area contributed by atoms with Gasteiger partial charge in [0.05, 0.1) is 11.6 Å². The molecule has 0 aliphatic heterocycles. The molecule has 2 aromatic rings. The molecule has 2 N–H and O–H groups in total. The molecule has 0 saturated carbocycles. The van der Waals surface area contributed by atoms with Crippen LogP contribution in [0.15, 0.2) is 6.20 Å². The Hall–Kier alpha value is -1.80. The molecule has 0 radical (unpaired) electrons. The van der Waals surface area contributed by atoms with Crippen LogP contribution in [0.25, 0.3) is 11.0 Å². The number of H-pyrrole nitrogens is 1. The lowest BCUT2D eigenvalue weighted by atomic mass is 10.3. The molecule has 5 nitrogen and oxygen atoms in total. The molecule has 76 valence electrons. The predicted octanol–water partition coefficient (Wildman–Crippen LogP) is 1.44. The first-order valence-electron chi connectivity index (χ1n) is 4.35. The quantitative estimate of drug-likeness (QED) is 0.468. The Labute approximate surface area is 91.3 Å². The van der Waals surface area contributed by atoms with E-state index in [0.717, 1.165) is 5.39 Å². The average molecular weight is 222 g/mol. The summed E-state index contributed by atoms with van der Waals surface area (Å²) in [5.74, 6) is 3.18. The smallest absolute Gasteiger partial charge is 0.226 e. The molecule has 0 aliphatic carbocycles. The Bertz CT molecular complexity index is 513. The van der Waals surface area contributed by atoms with E-state index in [1.54, 1.807) is 6.20 Å². The number of aromatic amines is 1. The molecule has 0 aromatic carbocycles. The van der Waals surface area contributed by atoms with E-state index in [2.05, 4.69) is 31.4 Å². The first kappa shape index (κ1) is 9.74. The second kappa shape index (κ2) is 4.15. The molecule has 0 amide bonds. The average Bonchev–Trinajstić information content (AvgIpc) is 2.65. The fourth-order valence-corrected chi connectivity index (χ4v) is 1.36. The summed E-state index contributed by atoms with van der Waals surface area (Å²) < 4.78 is 0. The predicted molar refractivity (Wildman–Crippen MR) is 58.6 cm³/mol. The SMILES string of the molecule is C#CCCNc1nc(Cl)nc2[nH]ncc12. The van der Waals surface area contributed by atoms with Gasteiger partial charge in [-0.25, -0.2) is 0 Å². The lowest BCUT2D eigenvalue weighted by molar-refractivity contribution is 1.06. The monoisotopic (exact) mass is 221 g/mol. The van der Waals surface area contributed by atoms with Crippen molar-refractivity contribution in [3.63, 3.8) is 0 Å². The summed E-state index contributed by atoms with van der Waals surface area (Å²) in [4.78, 5) is 8.04. The van der Waals surface area contributed by atoms with Gasteiger partial charge >= 0.3 is 0 Å². The Morgan fingerprint density at radius 2 is 2.40 bits per heavy atom. The maximum atomic E-state index is 5.74. The highest BCUT2D eigenvalue weighted by Gasteiger charge is 2.07. The normalized spacial score (nSPS) is 10.1. The second-order valence-electron chi connectivity index (χ2n) is 2.85. The Balaban J connectivity index is 2.32. The van der Waals surface area contributed by atoms with Gasteiger partial charge in [0.2, 0.25) is 5.28 Å². The Kier molecular flexibility index (Phi) is 2.70. The third-order valence-corrected chi connectivity index (χ3v) is 2.01. The first-order chi connectivity index (χ1) is 7.31. The van der Waals surface area contributed by atoms with Gasteiger partial charge in [0.15, 0.2) is 5.65 Å². The van der Waals surface area contributed by atoms with Crippen molar-refractivity contribution in [3.8, 4) is 12.3 Å². The molecule has 0 aliphatic rings. The van der Waals surface area contributed by atoms with Gasteiger partial charge in [-0.15, -0.1) is 12.3 Å². The number of nitrogens with one attached hydrogen (secondary N) is 2. The van der Waals surface area contributed by atoms with Crippen LogP contribution >= 0.6 is 11.6 Å². The minimum Gasteiger partial charge on any atom is -0.368 e. The molecule has 15 heavy (non-hydrogen) atoms. The highest BCUT2D eigenvalue weighted by atomic mass is 35.5. The number of aromatic nitrogens is 4. The molecule has 0 unspecified atom stereocenters. The van der Waals surface area contributed by atoms with Gasteiger partial charge in [-0.3, -0.25) is 5.10 Å². The molecule has 0 bridgehead atoms. The van der Waals surface area contributed by atoms with Gasteiger partial charge in [0, 0.05) is 13.0 Å². The third-order valence-electron chi connectivity index (χ3n) is 1.84. The Morgan fingerprint density at radius 1 is 1.53 bits per heavy atom. The molecular weight excluding hydrogens is 214 g/mol. The van der Waals surface area contributed by atoms with E-state index in [1.807, 2.05) is 0 Å². The van der Waals surface area contributed by atoms with Crippen LogP contribution in [0, 0.1) is 12.3 Å². The maximum absolute atomic E-state index is 5.74. The van der Waals surface area contributed by atoms with Crippen molar-refractivity contribution in [1.82, 2.24) is 20.2 Å². The van der Waals surface area contributed by atoms with Crippen molar-refractivity contribution in [1.29, 1.82) is 0 Å². The van der Waals surface area contributed by atoms with E-state index >= 15 is 0 Å². The third kappa shape index (κ3) is 2.00. The van der Waals surface area contributed by atoms with Crippen LogP contribution in [0.5, 0.6) is 0 Å². The molecule has 0 atom stereocenters. The highest BCUT2D eigenvalue weighted by molar-refractivity contribution is 6.28. The standard InChI is InChI=1S/C9H8ClN5/c1-2-3-4-11-7-6-5-12-15-8(6)14-9(10)13-7/h1,5H,3-4H2,(H2,11,12,13,14,15). The number of fused-ring (bicyclic) bond motifs is 1. The van der Waals surface area contributed by atoms with Crippen LogP contribution in [-0.2, 0) is 0 Å². The minimum absolute atomic E-state index is 0.176. The van der Waals surface area contributed by atoms with E-state index in [0.29, 0.717) is 24.4 Å². The summed E-state index contributed by atoms with van der Waals surface area (Å²) in [6, 6.07) is 0. The van der Waals surface area contributed by atoms with Gasteiger partial charge in [0.1, 0.15) is 5.82 Å². The van der Waals surface area contributed by atoms with Crippen molar-refractivity contribution in [3.05, 3.63) is 11.5 Å². The van der Waals surface area contributed by atoms with Crippen molar-refractivity contribution < 1.29 is 0 Å². The largest absolute Gasteiger partial charge is 0.368 e. The van der Waals surface area contributed by atoms with E-state index in [9.17, 15) is 0 Å². The van der Waals surface area contributed by atoms with E-state index in [-0.39, 0.29) is 5.28 Å². The summed E-state index contributed by atoms with van der Waals surface area (Å²) in [6.07, 6.45) is 7.42. The van der Waals surface area contributed by atoms with E-state index < -0.39 is 0 Å². The highest BCUT2D eigenvalue weighted by Crippen LogP contribution is 2.19. The van der Waals surface area contributed by atoms with Gasteiger partial charge in [-0.2, -0.15) is 15.1 Å². The van der Waals surface area contributed by atoms with Gasteiger partial charge in [-0.1, -0.05) is 0 Å². The summed E-state index contributed by atoms with van der Waals surface area (Å²) >= 11 is 5.74. The van der Waals surface area contributed by atoms with Crippen molar-refractivity contribution in [2.75, 3.05) is 11.9 Å². The number of nitrogens with zero attached hydrogens (tertiary/aromatic N) is 3. The number of terminal acetylenes is 1. The van der Waals surface area contributed by atoms with Gasteiger partial charge in [-0.05, 0) is 11.6 Å². The summed E-state index contributed by atoms with van der Waals surface area (Å²) in [7, 11) is 0. The van der Waals surface area contributed by atoms with Gasteiger partial charge < -0.3 is 5.32 Å². The second-order valence-corrected chi connectivity index (χ2v) is 3.19. The maximum Gasteiger partial charge on any atom is 0.226 e. The fraction of sp³-hybridized carbons (Fsp3) is 0.222. The van der Waals surface area contributed by atoms with Crippen LogP contribution < -0.4 is 5.32 Å². The molecule has 0 saturated heterocycles. The lowest BCUT2D eigenvalue weighted by Gasteiger charge is -2.03. The van der Waals surface area contributed by atoms with Crippen molar-refractivity contribution in [2.24, 2.45) is 0 Å². The van der Waals surface area contributed by atoms with E-state index in [4.69, 9.17) is 18.0 Å². The van der Waals surface area contributed by atoms with Crippen LogP contribution in [0.3, 0.4) is 0 Å². The summed E-state index contributed by atoms with van der Waals surface area (Å²) in [6.45, 7) is 0.643. The zero-order valence-corrected chi connectivity index (χ0v) is 8.54. The number of hydrogen-bond acceptors (Lipinski definition) is 4. The minimum atomic E-state index is 0.176. The zero-order chi connectivity index (χ0) is 10.7. The van der Waals surface area contributed by atoms with E-state index in [1.165, 1.54) is 0 Å². The zero-order valence-electron chi connectivity index (χ0n) is 7.79. The summed E-state index contributed by atoms with van der Waals surface area (Å²) in [5, 5.41) is 10.6. The van der Waals surface area contributed by atoms with Crippen LogP contribution in [0.1, 0.15) is 6.42 Å². The molecule has 0 fully saturated rings. The fourth-order valence-electron chi connectivity index (χ4n) is 1.20. The number of anilines is 1. The number of rotatable bonds is 3. The molecule has 0 spiro atoms. The number of hydrogen-bond donors (Lipinski definition) is 2. The van der Waals surface area contributed by atoms with Crippen molar-refractivity contribution >= 4 is 28.5 Å². The molecule has 2 aromatic heterocycles. The van der Waals surface area contributed by atoms with Gasteiger partial charge in [0.25, 0.3) is 0 Å².